The summed E-state index contributed by atoms with van der Waals surface area (Å²) in [5, 5.41) is 9.01. The fourth-order valence-corrected chi connectivity index (χ4v) is 2.22. The average molecular weight is 309 g/mol. The van der Waals surface area contributed by atoms with Gasteiger partial charge in [-0.05, 0) is 26.5 Å². The van der Waals surface area contributed by atoms with Gasteiger partial charge in [-0.25, -0.2) is 0 Å². The van der Waals surface area contributed by atoms with Crippen LogP contribution in [0.5, 0.6) is 11.5 Å². The molecule has 0 bridgehead atoms. The van der Waals surface area contributed by atoms with Crippen LogP contribution in [0.3, 0.4) is 0 Å². The van der Waals surface area contributed by atoms with Crippen molar-refractivity contribution in [2.45, 2.75) is 33.7 Å². The van der Waals surface area contributed by atoms with Crippen molar-refractivity contribution in [1.82, 2.24) is 4.90 Å². The molecule has 0 aromatic heterocycles. The Morgan fingerprint density at radius 1 is 1.32 bits per heavy atom. The number of hydrogen-bond acceptors (Lipinski definition) is 4. The van der Waals surface area contributed by atoms with E-state index in [9.17, 15) is 4.79 Å². The summed E-state index contributed by atoms with van der Waals surface area (Å²) in [7, 11) is 1.91. The Kier molecular flexibility index (Phi) is 7.74. The molecular formula is C17H27NO4. The van der Waals surface area contributed by atoms with Gasteiger partial charge in [0.15, 0.2) is 11.5 Å². The predicted octanol–water partition coefficient (Wildman–Crippen LogP) is 3.03. The minimum Gasteiger partial charge on any atom is -0.490 e. The lowest BCUT2D eigenvalue weighted by atomic mass is 10.1. The third-order valence-corrected chi connectivity index (χ3v) is 3.26. The molecule has 1 aromatic carbocycles. The Morgan fingerprint density at radius 3 is 2.64 bits per heavy atom. The highest BCUT2D eigenvalue weighted by molar-refractivity contribution is 5.69. The van der Waals surface area contributed by atoms with E-state index >= 15 is 0 Å². The van der Waals surface area contributed by atoms with Crippen molar-refractivity contribution in [3.8, 4) is 11.5 Å². The molecule has 0 saturated heterocycles. The van der Waals surface area contributed by atoms with Crippen LogP contribution >= 0.6 is 0 Å². The lowest BCUT2D eigenvalue weighted by molar-refractivity contribution is -0.141. The molecule has 22 heavy (non-hydrogen) atoms. The molecule has 0 aliphatic carbocycles. The molecule has 0 heterocycles. The lowest BCUT2D eigenvalue weighted by Gasteiger charge is -2.22. The first-order valence-electron chi connectivity index (χ1n) is 7.78. The van der Waals surface area contributed by atoms with Crippen LogP contribution in [0.25, 0.3) is 0 Å². The van der Waals surface area contributed by atoms with E-state index in [4.69, 9.17) is 14.6 Å². The molecular weight excluding hydrogens is 282 g/mol. The number of ether oxygens (including phenoxy) is 2. The number of carboxylic acids is 1. The summed E-state index contributed by atoms with van der Waals surface area (Å²) >= 11 is 0. The van der Waals surface area contributed by atoms with Crippen LogP contribution in [0.4, 0.5) is 0 Å². The number of carbonyl (C=O) groups is 1. The number of hydrogen-bond donors (Lipinski definition) is 1. The standard InChI is InChI=1S/C17H27NO4/c1-5-10-22-16-14(8-7-9-15(16)21-6-2)12-18(4)11-13(3)17(19)20/h7-9,13H,5-6,10-12H2,1-4H3,(H,19,20). The zero-order chi connectivity index (χ0) is 16.5. The summed E-state index contributed by atoms with van der Waals surface area (Å²) < 4.78 is 11.5. The van der Waals surface area contributed by atoms with E-state index in [0.29, 0.717) is 26.3 Å². The first-order chi connectivity index (χ1) is 10.5. The van der Waals surface area contributed by atoms with Crippen LogP contribution in [0.15, 0.2) is 18.2 Å². The maximum atomic E-state index is 11.0. The normalized spacial score (nSPS) is 12.2. The molecule has 1 aromatic rings. The summed E-state index contributed by atoms with van der Waals surface area (Å²) in [4.78, 5) is 13.0. The molecule has 1 atom stereocenters. The van der Waals surface area contributed by atoms with E-state index in [1.165, 1.54) is 0 Å². The van der Waals surface area contributed by atoms with Crippen molar-refractivity contribution in [3.05, 3.63) is 23.8 Å². The molecule has 5 nitrogen and oxygen atoms in total. The van der Waals surface area contributed by atoms with Crippen LogP contribution in [0, 0.1) is 5.92 Å². The Hall–Kier alpha value is -1.75. The van der Waals surface area contributed by atoms with Crippen LogP contribution in [-0.2, 0) is 11.3 Å². The summed E-state index contributed by atoms with van der Waals surface area (Å²) in [5.41, 5.74) is 1.01. The molecule has 124 valence electrons. The van der Waals surface area contributed by atoms with Crippen molar-refractivity contribution in [3.63, 3.8) is 0 Å². The van der Waals surface area contributed by atoms with Gasteiger partial charge >= 0.3 is 5.97 Å². The highest BCUT2D eigenvalue weighted by Gasteiger charge is 2.17. The molecule has 1 rings (SSSR count). The smallest absolute Gasteiger partial charge is 0.307 e. The Bertz CT molecular complexity index is 476. The topological polar surface area (TPSA) is 59.0 Å². The van der Waals surface area contributed by atoms with Gasteiger partial charge in [0.1, 0.15) is 0 Å². The van der Waals surface area contributed by atoms with Gasteiger partial charge in [-0.3, -0.25) is 4.79 Å². The second kappa shape index (κ2) is 9.30. The molecule has 0 saturated carbocycles. The molecule has 0 amide bonds. The van der Waals surface area contributed by atoms with Crippen LogP contribution in [0.1, 0.15) is 32.8 Å². The minimum absolute atomic E-state index is 0.403. The van der Waals surface area contributed by atoms with Crippen LogP contribution in [0.2, 0.25) is 0 Å². The molecule has 0 spiro atoms. The number of para-hydroxylation sites is 1. The van der Waals surface area contributed by atoms with Crippen LogP contribution in [-0.4, -0.2) is 42.8 Å². The summed E-state index contributed by atoms with van der Waals surface area (Å²) in [6.45, 7) is 8.04. The second-order valence-corrected chi connectivity index (χ2v) is 5.46. The van der Waals surface area contributed by atoms with Crippen molar-refractivity contribution in [1.29, 1.82) is 0 Å². The van der Waals surface area contributed by atoms with Crippen molar-refractivity contribution in [2.24, 2.45) is 5.92 Å². The van der Waals surface area contributed by atoms with Gasteiger partial charge in [0.05, 0.1) is 19.1 Å². The van der Waals surface area contributed by atoms with Gasteiger partial charge in [-0.2, -0.15) is 0 Å². The number of aliphatic carboxylic acids is 1. The van der Waals surface area contributed by atoms with E-state index in [0.717, 1.165) is 23.5 Å². The monoisotopic (exact) mass is 309 g/mol. The number of nitrogens with zero attached hydrogens (tertiary/aromatic N) is 1. The first-order valence-corrected chi connectivity index (χ1v) is 7.78. The van der Waals surface area contributed by atoms with E-state index < -0.39 is 11.9 Å². The zero-order valence-electron chi connectivity index (χ0n) is 14.0. The predicted molar refractivity (Wildman–Crippen MR) is 86.5 cm³/mol. The van der Waals surface area contributed by atoms with E-state index in [1.54, 1.807) is 6.92 Å². The molecule has 1 unspecified atom stereocenters. The van der Waals surface area contributed by atoms with Gasteiger partial charge < -0.3 is 19.5 Å². The van der Waals surface area contributed by atoms with Crippen LogP contribution < -0.4 is 9.47 Å². The molecule has 0 fully saturated rings. The summed E-state index contributed by atoms with van der Waals surface area (Å²) in [6, 6.07) is 5.83. The number of benzene rings is 1. The molecule has 0 aliphatic rings. The fraction of sp³-hybridized carbons (Fsp3) is 0.588. The Labute approximate surface area is 132 Å². The summed E-state index contributed by atoms with van der Waals surface area (Å²) in [5.74, 6) is 0.326. The van der Waals surface area contributed by atoms with Crippen molar-refractivity contribution >= 4 is 5.97 Å². The maximum absolute atomic E-state index is 11.0. The first kappa shape index (κ1) is 18.3. The van der Waals surface area contributed by atoms with Crippen molar-refractivity contribution < 1.29 is 19.4 Å². The van der Waals surface area contributed by atoms with Gasteiger partial charge in [0.25, 0.3) is 0 Å². The van der Waals surface area contributed by atoms with Gasteiger partial charge in [-0.1, -0.05) is 26.0 Å². The average Bonchev–Trinajstić information content (AvgIpc) is 2.46. The third-order valence-electron chi connectivity index (χ3n) is 3.26. The summed E-state index contributed by atoms with van der Waals surface area (Å²) in [6.07, 6.45) is 0.922. The quantitative estimate of drug-likeness (QED) is 0.720. The largest absolute Gasteiger partial charge is 0.490 e. The highest BCUT2D eigenvalue weighted by atomic mass is 16.5. The highest BCUT2D eigenvalue weighted by Crippen LogP contribution is 2.32. The number of carboxylic acid groups (broad SMARTS) is 1. The maximum Gasteiger partial charge on any atom is 0.307 e. The van der Waals surface area contributed by atoms with E-state index in [2.05, 4.69) is 6.92 Å². The van der Waals surface area contributed by atoms with E-state index in [-0.39, 0.29) is 0 Å². The molecule has 1 N–H and O–H groups in total. The van der Waals surface area contributed by atoms with Gasteiger partial charge in [0.2, 0.25) is 0 Å². The third kappa shape index (κ3) is 5.56. The molecule has 0 aliphatic heterocycles. The lowest BCUT2D eigenvalue weighted by Crippen LogP contribution is -2.28. The zero-order valence-corrected chi connectivity index (χ0v) is 14.0. The minimum atomic E-state index is -0.780. The van der Waals surface area contributed by atoms with Gasteiger partial charge in [0, 0.05) is 18.7 Å². The van der Waals surface area contributed by atoms with E-state index in [1.807, 2.05) is 37.1 Å². The molecule has 5 heteroatoms. The Morgan fingerprint density at radius 2 is 2.05 bits per heavy atom. The SMILES string of the molecule is CCCOc1c(CN(C)CC(C)C(=O)O)cccc1OCC. The fourth-order valence-electron chi connectivity index (χ4n) is 2.22. The molecule has 0 radical (unpaired) electrons. The second-order valence-electron chi connectivity index (χ2n) is 5.46. The van der Waals surface area contributed by atoms with Gasteiger partial charge in [-0.15, -0.1) is 0 Å². The number of rotatable bonds is 10. The van der Waals surface area contributed by atoms with Crippen molar-refractivity contribution in [2.75, 3.05) is 26.8 Å². The Balaban J connectivity index is 2.87.